The number of rotatable bonds is 5. The Morgan fingerprint density at radius 2 is 1.96 bits per heavy atom. The Morgan fingerprint density at radius 1 is 1.26 bits per heavy atom. The Morgan fingerprint density at radius 3 is 2.57 bits per heavy atom. The normalized spacial score (nSPS) is 14.3. The Hall–Kier alpha value is -2.54. The van der Waals surface area contributed by atoms with Crippen molar-refractivity contribution in [1.82, 2.24) is 9.97 Å². The van der Waals surface area contributed by atoms with Crippen molar-refractivity contribution in [2.75, 3.05) is 0 Å². The van der Waals surface area contributed by atoms with E-state index < -0.39 is 5.41 Å². The third-order valence-corrected chi connectivity index (χ3v) is 4.51. The number of carbonyl (C=O) groups is 1. The van der Waals surface area contributed by atoms with Crippen LogP contribution in [0.2, 0.25) is 0 Å². The lowest BCUT2D eigenvalue weighted by Crippen LogP contribution is -2.29. The number of benzene rings is 1. The van der Waals surface area contributed by atoms with Gasteiger partial charge in [-0.05, 0) is 38.2 Å². The molecule has 3 rings (SSSR count). The van der Waals surface area contributed by atoms with Crippen LogP contribution < -0.4 is 0 Å². The van der Waals surface area contributed by atoms with E-state index in [1.165, 1.54) is 19.0 Å². The molecule has 0 radical (unpaired) electrons. The maximum Gasteiger partial charge on any atom is 0.288 e. The van der Waals surface area contributed by atoms with Gasteiger partial charge < -0.3 is 4.85 Å². The van der Waals surface area contributed by atoms with Crippen molar-refractivity contribution in [2.45, 2.75) is 38.5 Å². The largest absolute Gasteiger partial charge is 0.359 e. The van der Waals surface area contributed by atoms with E-state index in [1.807, 2.05) is 38.1 Å². The number of nitrogens with zero attached hydrogens (tertiary/aromatic N) is 3. The van der Waals surface area contributed by atoms with Crippen LogP contribution in [-0.2, 0) is 10.2 Å². The average Bonchev–Trinajstić information content (AvgIpc) is 3.39. The summed E-state index contributed by atoms with van der Waals surface area (Å²) >= 11 is 0. The van der Waals surface area contributed by atoms with E-state index in [0.29, 0.717) is 23.8 Å². The second kappa shape index (κ2) is 5.92. The monoisotopic (exact) mass is 305 g/mol. The SMILES string of the molecule is [C-]#[N+]c1cncc(-c2ccc(C(C)(C)C(=O)CC3CC3)cc2)n1. The van der Waals surface area contributed by atoms with Gasteiger partial charge in [0, 0.05) is 17.4 Å². The van der Waals surface area contributed by atoms with Gasteiger partial charge in [-0.2, -0.15) is 0 Å². The number of hydrogen-bond donors (Lipinski definition) is 0. The van der Waals surface area contributed by atoms with Gasteiger partial charge in [-0.1, -0.05) is 30.8 Å². The molecule has 23 heavy (non-hydrogen) atoms. The molecular formula is C19H19N3O. The van der Waals surface area contributed by atoms with E-state index in [0.717, 1.165) is 11.1 Å². The van der Waals surface area contributed by atoms with Crippen LogP contribution >= 0.6 is 0 Å². The standard InChI is InChI=1S/C19H19N3O/c1-19(2,17(23)10-13-4-5-13)15-8-6-14(7-9-15)16-11-21-12-18(20-3)22-16/h6-9,11-13H,4-5,10H2,1-2H3. The summed E-state index contributed by atoms with van der Waals surface area (Å²) in [4.78, 5) is 24.1. The zero-order valence-corrected chi connectivity index (χ0v) is 13.4. The van der Waals surface area contributed by atoms with Gasteiger partial charge in [-0.15, -0.1) is 4.98 Å². The Labute approximate surface area is 136 Å². The van der Waals surface area contributed by atoms with Gasteiger partial charge >= 0.3 is 0 Å². The van der Waals surface area contributed by atoms with E-state index in [4.69, 9.17) is 6.57 Å². The van der Waals surface area contributed by atoms with Gasteiger partial charge in [0.2, 0.25) is 0 Å². The van der Waals surface area contributed by atoms with E-state index >= 15 is 0 Å². The molecule has 1 saturated carbocycles. The second-order valence-corrected chi connectivity index (χ2v) is 6.65. The van der Waals surface area contributed by atoms with Crippen LogP contribution in [-0.4, -0.2) is 15.8 Å². The summed E-state index contributed by atoms with van der Waals surface area (Å²) in [5, 5.41) is 0. The van der Waals surface area contributed by atoms with Crippen molar-refractivity contribution in [2.24, 2.45) is 5.92 Å². The molecule has 4 heteroatoms. The predicted octanol–water partition coefficient (Wildman–Crippen LogP) is 4.34. The summed E-state index contributed by atoms with van der Waals surface area (Å²) in [6.07, 6.45) is 6.17. The summed E-state index contributed by atoms with van der Waals surface area (Å²) < 4.78 is 0. The lowest BCUT2D eigenvalue weighted by molar-refractivity contribution is -0.123. The van der Waals surface area contributed by atoms with Gasteiger partial charge in [0.1, 0.15) is 5.78 Å². The molecule has 1 heterocycles. The van der Waals surface area contributed by atoms with E-state index in [9.17, 15) is 4.79 Å². The Kier molecular flexibility index (Phi) is 3.96. The van der Waals surface area contributed by atoms with Crippen LogP contribution in [0.15, 0.2) is 36.7 Å². The fraction of sp³-hybridized carbons (Fsp3) is 0.368. The second-order valence-electron chi connectivity index (χ2n) is 6.65. The highest BCUT2D eigenvalue weighted by atomic mass is 16.1. The molecule has 0 bridgehead atoms. The fourth-order valence-electron chi connectivity index (χ4n) is 2.61. The van der Waals surface area contributed by atoms with Gasteiger partial charge in [0.15, 0.2) is 5.69 Å². The summed E-state index contributed by atoms with van der Waals surface area (Å²) in [5.41, 5.74) is 2.12. The average molecular weight is 305 g/mol. The van der Waals surface area contributed by atoms with Crippen LogP contribution in [0.4, 0.5) is 5.82 Å². The van der Waals surface area contributed by atoms with Crippen molar-refractivity contribution >= 4 is 11.6 Å². The van der Waals surface area contributed by atoms with Gasteiger partial charge in [-0.3, -0.25) is 9.78 Å². The van der Waals surface area contributed by atoms with Crippen LogP contribution in [0, 0.1) is 12.5 Å². The van der Waals surface area contributed by atoms with Gasteiger partial charge in [-0.25, -0.2) is 0 Å². The summed E-state index contributed by atoms with van der Waals surface area (Å²) in [5.74, 6) is 1.20. The first-order valence-corrected chi connectivity index (χ1v) is 7.84. The van der Waals surface area contributed by atoms with E-state index in [-0.39, 0.29) is 5.82 Å². The number of hydrogen-bond acceptors (Lipinski definition) is 3. The van der Waals surface area contributed by atoms with E-state index in [2.05, 4.69) is 14.8 Å². The maximum atomic E-state index is 12.5. The molecule has 1 fully saturated rings. The topological polar surface area (TPSA) is 47.2 Å². The number of Topliss-reactive ketones (excluding diaryl/α,β-unsaturated/α-hetero) is 1. The zero-order chi connectivity index (χ0) is 16.4. The zero-order valence-electron chi connectivity index (χ0n) is 13.4. The molecule has 2 aromatic rings. The maximum absolute atomic E-state index is 12.5. The highest BCUT2D eigenvalue weighted by Gasteiger charge is 2.34. The Balaban J connectivity index is 1.83. The lowest BCUT2D eigenvalue weighted by atomic mass is 9.78. The molecule has 1 aromatic heterocycles. The smallest absolute Gasteiger partial charge is 0.288 e. The third-order valence-electron chi connectivity index (χ3n) is 4.51. The van der Waals surface area contributed by atoms with Crippen LogP contribution in [0.5, 0.6) is 0 Å². The first-order chi connectivity index (χ1) is 11.0. The first-order valence-electron chi connectivity index (χ1n) is 7.84. The Bertz CT molecular complexity index is 768. The minimum Gasteiger partial charge on any atom is -0.359 e. The van der Waals surface area contributed by atoms with Crippen molar-refractivity contribution in [3.8, 4) is 11.3 Å². The summed E-state index contributed by atoms with van der Waals surface area (Å²) in [6, 6.07) is 7.84. The third kappa shape index (κ3) is 3.29. The highest BCUT2D eigenvalue weighted by molar-refractivity contribution is 5.89. The molecule has 116 valence electrons. The molecule has 1 aliphatic carbocycles. The number of aromatic nitrogens is 2. The molecule has 0 atom stereocenters. The van der Waals surface area contributed by atoms with Crippen LogP contribution in [0.1, 0.15) is 38.7 Å². The first kappa shape index (κ1) is 15.4. The molecule has 4 nitrogen and oxygen atoms in total. The number of ketones is 1. The van der Waals surface area contributed by atoms with Crippen molar-refractivity contribution in [3.63, 3.8) is 0 Å². The summed E-state index contributed by atoms with van der Waals surface area (Å²) in [6.45, 7) is 11.0. The molecular weight excluding hydrogens is 286 g/mol. The van der Waals surface area contributed by atoms with Gasteiger partial charge in [0.05, 0.1) is 12.4 Å². The molecule has 1 aromatic carbocycles. The van der Waals surface area contributed by atoms with Crippen LogP contribution in [0.25, 0.3) is 16.1 Å². The molecule has 0 N–H and O–H groups in total. The predicted molar refractivity (Wildman–Crippen MR) is 89.1 cm³/mol. The van der Waals surface area contributed by atoms with Crippen molar-refractivity contribution in [1.29, 1.82) is 0 Å². The fourth-order valence-corrected chi connectivity index (χ4v) is 2.61. The number of carbonyl (C=O) groups excluding carboxylic acids is 1. The molecule has 0 unspecified atom stereocenters. The quantitative estimate of drug-likeness (QED) is 0.772. The summed E-state index contributed by atoms with van der Waals surface area (Å²) in [7, 11) is 0. The molecule has 1 aliphatic rings. The van der Waals surface area contributed by atoms with Crippen molar-refractivity contribution < 1.29 is 4.79 Å². The van der Waals surface area contributed by atoms with Crippen LogP contribution in [0.3, 0.4) is 0 Å². The molecule has 0 amide bonds. The lowest BCUT2D eigenvalue weighted by Gasteiger charge is -2.24. The minimum absolute atomic E-state index is 0.284. The van der Waals surface area contributed by atoms with E-state index in [1.54, 1.807) is 6.20 Å². The van der Waals surface area contributed by atoms with Crippen molar-refractivity contribution in [3.05, 3.63) is 53.6 Å². The molecule has 0 spiro atoms. The highest BCUT2D eigenvalue weighted by Crippen LogP contribution is 2.37. The molecule has 0 aliphatic heterocycles. The van der Waals surface area contributed by atoms with Gasteiger partial charge in [0.25, 0.3) is 5.82 Å². The molecule has 0 saturated heterocycles. The minimum atomic E-state index is -0.467.